The molecule has 2 rings (SSSR count). The molecule has 0 radical (unpaired) electrons. The van der Waals surface area contributed by atoms with Gasteiger partial charge in [-0.2, -0.15) is 4.98 Å². The number of hydrogen-bond donors (Lipinski definition) is 1. The lowest BCUT2D eigenvalue weighted by Gasteiger charge is -2.08. The molecule has 6 heteroatoms. The Hall–Kier alpha value is -2.63. The van der Waals surface area contributed by atoms with E-state index in [0.29, 0.717) is 11.6 Å². The summed E-state index contributed by atoms with van der Waals surface area (Å²) in [6.07, 6.45) is 0. The lowest BCUT2D eigenvalue weighted by atomic mass is 10.1. The highest BCUT2D eigenvalue weighted by molar-refractivity contribution is 5.50. The van der Waals surface area contributed by atoms with Gasteiger partial charge in [-0.3, -0.25) is 10.1 Å². The van der Waals surface area contributed by atoms with Gasteiger partial charge in [0.25, 0.3) is 0 Å². The number of hydrogen-bond acceptors (Lipinski definition) is 5. The predicted molar refractivity (Wildman–Crippen MR) is 76.4 cm³/mol. The number of pyridine rings is 1. The molecule has 0 saturated carbocycles. The molecule has 1 heterocycles. The summed E-state index contributed by atoms with van der Waals surface area (Å²) in [6.45, 7) is 3.94. The quantitative estimate of drug-likeness (QED) is 0.682. The molecule has 0 amide bonds. The molecule has 0 atom stereocenters. The summed E-state index contributed by atoms with van der Waals surface area (Å²) in [5.74, 6) is 1.01. The average Bonchev–Trinajstić information content (AvgIpc) is 2.42. The first-order chi connectivity index (χ1) is 9.51. The molecular weight excluding hydrogens is 258 g/mol. The number of rotatable bonds is 4. The van der Waals surface area contributed by atoms with E-state index in [4.69, 9.17) is 4.74 Å². The zero-order valence-corrected chi connectivity index (χ0v) is 11.5. The van der Waals surface area contributed by atoms with E-state index in [-0.39, 0.29) is 11.6 Å². The fourth-order valence-electron chi connectivity index (χ4n) is 1.68. The second kappa shape index (κ2) is 5.56. The molecule has 0 saturated heterocycles. The fraction of sp³-hybridized carbons (Fsp3) is 0.214. The van der Waals surface area contributed by atoms with Crippen LogP contribution in [0.5, 0.6) is 11.6 Å². The summed E-state index contributed by atoms with van der Waals surface area (Å²) in [4.78, 5) is 14.6. The van der Waals surface area contributed by atoms with E-state index in [2.05, 4.69) is 10.3 Å². The molecule has 0 fully saturated rings. The Morgan fingerprint density at radius 3 is 2.55 bits per heavy atom. The van der Waals surface area contributed by atoms with E-state index in [0.717, 1.165) is 11.1 Å². The van der Waals surface area contributed by atoms with Gasteiger partial charge < -0.3 is 10.1 Å². The van der Waals surface area contributed by atoms with Crippen molar-refractivity contribution >= 4 is 11.5 Å². The van der Waals surface area contributed by atoms with Gasteiger partial charge in [0, 0.05) is 13.1 Å². The summed E-state index contributed by atoms with van der Waals surface area (Å²) < 4.78 is 5.56. The van der Waals surface area contributed by atoms with Crippen molar-refractivity contribution in [1.82, 2.24) is 4.98 Å². The van der Waals surface area contributed by atoms with Crippen molar-refractivity contribution in [3.8, 4) is 11.6 Å². The molecule has 1 N–H and O–H groups in total. The van der Waals surface area contributed by atoms with E-state index < -0.39 is 4.92 Å². The summed E-state index contributed by atoms with van der Waals surface area (Å²) in [5.41, 5.74) is 2.01. The Labute approximate surface area is 116 Å². The molecule has 6 nitrogen and oxygen atoms in total. The minimum Gasteiger partial charge on any atom is -0.434 e. The molecule has 0 spiro atoms. The van der Waals surface area contributed by atoms with Gasteiger partial charge >= 0.3 is 11.6 Å². The van der Waals surface area contributed by atoms with Crippen LogP contribution in [0.1, 0.15) is 11.1 Å². The first-order valence-corrected chi connectivity index (χ1v) is 6.09. The lowest BCUT2D eigenvalue weighted by molar-refractivity contribution is -0.386. The third kappa shape index (κ3) is 2.85. The number of benzene rings is 1. The van der Waals surface area contributed by atoms with Crippen molar-refractivity contribution < 1.29 is 9.66 Å². The number of nitro groups is 1. The van der Waals surface area contributed by atoms with Crippen molar-refractivity contribution in [2.24, 2.45) is 0 Å². The van der Waals surface area contributed by atoms with Crippen LogP contribution in [0.3, 0.4) is 0 Å². The number of ether oxygens (including phenoxy) is 1. The van der Waals surface area contributed by atoms with Crippen LogP contribution in [0.2, 0.25) is 0 Å². The van der Waals surface area contributed by atoms with Crippen LogP contribution in [0.4, 0.5) is 11.5 Å². The number of aryl methyl sites for hydroxylation is 2. The van der Waals surface area contributed by atoms with E-state index in [1.165, 1.54) is 12.1 Å². The zero-order valence-electron chi connectivity index (χ0n) is 11.5. The van der Waals surface area contributed by atoms with Crippen molar-refractivity contribution in [2.75, 3.05) is 12.4 Å². The molecule has 0 unspecified atom stereocenters. The molecule has 0 bridgehead atoms. The summed E-state index contributed by atoms with van der Waals surface area (Å²) >= 11 is 0. The van der Waals surface area contributed by atoms with Gasteiger partial charge in [0.1, 0.15) is 11.6 Å². The van der Waals surface area contributed by atoms with Crippen LogP contribution < -0.4 is 10.1 Å². The van der Waals surface area contributed by atoms with Gasteiger partial charge in [-0.05, 0) is 43.2 Å². The third-order valence-corrected chi connectivity index (χ3v) is 2.99. The average molecular weight is 273 g/mol. The van der Waals surface area contributed by atoms with Crippen molar-refractivity contribution in [3.63, 3.8) is 0 Å². The number of nitrogens with zero attached hydrogens (tertiary/aromatic N) is 2. The van der Waals surface area contributed by atoms with Gasteiger partial charge in [-0.25, -0.2) is 0 Å². The number of nitrogens with one attached hydrogen (secondary N) is 1. The Morgan fingerprint density at radius 2 is 1.95 bits per heavy atom. The molecular formula is C14H15N3O3. The second-order valence-electron chi connectivity index (χ2n) is 4.38. The van der Waals surface area contributed by atoms with Crippen molar-refractivity contribution in [3.05, 3.63) is 51.6 Å². The van der Waals surface area contributed by atoms with Crippen LogP contribution in [-0.4, -0.2) is 17.0 Å². The summed E-state index contributed by atoms with van der Waals surface area (Å²) in [6, 6.07) is 8.39. The van der Waals surface area contributed by atoms with Crippen LogP contribution in [0.25, 0.3) is 0 Å². The highest BCUT2D eigenvalue weighted by Gasteiger charge is 2.18. The third-order valence-electron chi connectivity index (χ3n) is 2.99. The first kappa shape index (κ1) is 13.8. The van der Waals surface area contributed by atoms with Crippen molar-refractivity contribution in [1.29, 1.82) is 0 Å². The Bertz CT molecular complexity index is 656. The van der Waals surface area contributed by atoms with Gasteiger partial charge in [-0.1, -0.05) is 6.07 Å². The Morgan fingerprint density at radius 1 is 1.20 bits per heavy atom. The van der Waals surface area contributed by atoms with Gasteiger partial charge in [0.05, 0.1) is 4.92 Å². The van der Waals surface area contributed by atoms with Gasteiger partial charge in [0.15, 0.2) is 0 Å². The van der Waals surface area contributed by atoms with Crippen molar-refractivity contribution in [2.45, 2.75) is 13.8 Å². The molecule has 104 valence electrons. The number of anilines is 1. The highest BCUT2D eigenvalue weighted by atomic mass is 16.6. The largest absolute Gasteiger partial charge is 0.434 e. The van der Waals surface area contributed by atoms with Gasteiger partial charge in [0.2, 0.25) is 0 Å². The first-order valence-electron chi connectivity index (χ1n) is 6.09. The van der Waals surface area contributed by atoms with E-state index >= 15 is 0 Å². The summed E-state index contributed by atoms with van der Waals surface area (Å²) in [7, 11) is 1.69. The van der Waals surface area contributed by atoms with E-state index in [1.54, 1.807) is 13.1 Å². The second-order valence-corrected chi connectivity index (χ2v) is 4.38. The maximum Gasteiger partial charge on any atom is 0.331 e. The number of aromatic nitrogens is 1. The van der Waals surface area contributed by atoms with Crippen LogP contribution in [-0.2, 0) is 0 Å². The van der Waals surface area contributed by atoms with E-state index in [1.807, 2.05) is 26.0 Å². The highest BCUT2D eigenvalue weighted by Crippen LogP contribution is 2.31. The molecule has 0 aliphatic carbocycles. The standard InChI is InChI=1S/C14H15N3O3/c1-9-4-5-11(8-10(9)2)20-14-12(17(18)19)6-7-13(15-3)16-14/h4-8H,1-3H3,(H,15,16). The normalized spacial score (nSPS) is 10.2. The van der Waals surface area contributed by atoms with Crippen LogP contribution in [0, 0.1) is 24.0 Å². The molecule has 20 heavy (non-hydrogen) atoms. The zero-order chi connectivity index (χ0) is 14.7. The molecule has 1 aromatic heterocycles. The van der Waals surface area contributed by atoms with Crippen LogP contribution >= 0.6 is 0 Å². The molecule has 1 aromatic carbocycles. The minimum absolute atomic E-state index is 0.0231. The monoisotopic (exact) mass is 273 g/mol. The smallest absolute Gasteiger partial charge is 0.331 e. The van der Waals surface area contributed by atoms with Gasteiger partial charge in [-0.15, -0.1) is 0 Å². The topological polar surface area (TPSA) is 77.3 Å². The lowest BCUT2D eigenvalue weighted by Crippen LogP contribution is -1.99. The predicted octanol–water partition coefficient (Wildman–Crippen LogP) is 3.44. The maximum absolute atomic E-state index is 11.0. The van der Waals surface area contributed by atoms with Crippen LogP contribution in [0.15, 0.2) is 30.3 Å². The Balaban J connectivity index is 2.40. The molecule has 2 aromatic rings. The minimum atomic E-state index is -0.511. The maximum atomic E-state index is 11.0. The summed E-state index contributed by atoms with van der Waals surface area (Å²) in [5, 5.41) is 13.8. The SMILES string of the molecule is CNc1ccc([N+](=O)[O-])c(Oc2ccc(C)c(C)c2)n1. The molecule has 0 aliphatic rings. The van der Waals surface area contributed by atoms with E-state index in [9.17, 15) is 10.1 Å². The fourth-order valence-corrected chi connectivity index (χ4v) is 1.68. The Kier molecular flexibility index (Phi) is 3.84. The molecule has 0 aliphatic heterocycles.